The first-order valence-electron chi connectivity index (χ1n) is 6.35. The molecule has 2 N–H and O–H groups in total. The molecule has 0 spiro atoms. The molecule has 0 aliphatic rings. The Hall–Kier alpha value is -2.30. The van der Waals surface area contributed by atoms with Crippen molar-refractivity contribution in [3.05, 3.63) is 35.9 Å². The van der Waals surface area contributed by atoms with Gasteiger partial charge in [0.1, 0.15) is 6.54 Å². The van der Waals surface area contributed by atoms with Crippen LogP contribution in [0.5, 0.6) is 0 Å². The molecule has 0 fully saturated rings. The number of ether oxygens (including phenoxy) is 1. The summed E-state index contributed by atoms with van der Waals surface area (Å²) in [5.41, 5.74) is 7.13. The zero-order chi connectivity index (χ0) is 15.1. The summed E-state index contributed by atoms with van der Waals surface area (Å²) in [6, 6.07) is 7.11. The molecule has 108 valence electrons. The molecular weight excluding hydrogens is 256 g/mol. The maximum atomic E-state index is 12.1. The van der Waals surface area contributed by atoms with E-state index in [0.29, 0.717) is 5.69 Å². The van der Waals surface area contributed by atoms with E-state index < -0.39 is 5.97 Å². The number of hydrogen-bond donors (Lipinski definition) is 1. The van der Waals surface area contributed by atoms with Crippen LogP contribution in [0.1, 0.15) is 19.4 Å². The number of rotatable bonds is 5. The molecule has 0 heterocycles. The van der Waals surface area contributed by atoms with E-state index in [1.54, 1.807) is 18.2 Å². The van der Waals surface area contributed by atoms with Crippen LogP contribution in [-0.2, 0) is 14.3 Å². The Kier molecular flexibility index (Phi) is 5.77. The van der Waals surface area contributed by atoms with Gasteiger partial charge in [-0.3, -0.25) is 9.59 Å². The molecule has 0 saturated carbocycles. The predicted molar refractivity (Wildman–Crippen MR) is 78.8 cm³/mol. The van der Waals surface area contributed by atoms with Crippen molar-refractivity contribution in [2.24, 2.45) is 0 Å². The minimum atomic E-state index is -0.440. The quantitative estimate of drug-likeness (QED) is 0.504. The van der Waals surface area contributed by atoms with Gasteiger partial charge in [-0.1, -0.05) is 12.1 Å². The summed E-state index contributed by atoms with van der Waals surface area (Å²) in [5, 5.41) is 0. The number of hydrogen-bond acceptors (Lipinski definition) is 4. The minimum Gasteiger partial charge on any atom is -0.468 e. The molecule has 0 radical (unpaired) electrons. The third-order valence-electron chi connectivity index (χ3n) is 2.76. The first-order valence-corrected chi connectivity index (χ1v) is 6.35. The molecule has 1 amide bonds. The van der Waals surface area contributed by atoms with E-state index in [4.69, 9.17) is 5.73 Å². The van der Waals surface area contributed by atoms with E-state index in [-0.39, 0.29) is 18.5 Å². The molecule has 1 aromatic carbocycles. The second kappa shape index (κ2) is 7.33. The fraction of sp³-hybridized carbons (Fsp3) is 0.333. The highest BCUT2D eigenvalue weighted by Crippen LogP contribution is 2.09. The van der Waals surface area contributed by atoms with E-state index in [2.05, 4.69) is 4.74 Å². The van der Waals surface area contributed by atoms with Gasteiger partial charge in [-0.15, -0.1) is 0 Å². The Bertz CT molecular complexity index is 510. The molecule has 1 aromatic rings. The number of nitrogen functional groups attached to an aromatic ring is 1. The third-order valence-corrected chi connectivity index (χ3v) is 2.76. The summed E-state index contributed by atoms with van der Waals surface area (Å²) in [4.78, 5) is 24.8. The lowest BCUT2D eigenvalue weighted by molar-refractivity contribution is -0.146. The lowest BCUT2D eigenvalue weighted by Gasteiger charge is -2.24. The van der Waals surface area contributed by atoms with E-state index in [1.807, 2.05) is 26.0 Å². The molecule has 0 aromatic heterocycles. The van der Waals surface area contributed by atoms with E-state index >= 15 is 0 Å². The molecule has 1 rings (SSSR count). The average molecular weight is 276 g/mol. The summed E-state index contributed by atoms with van der Waals surface area (Å²) in [7, 11) is 1.30. The number of esters is 1. The Labute approximate surface area is 119 Å². The maximum absolute atomic E-state index is 12.1. The highest BCUT2D eigenvalue weighted by molar-refractivity contribution is 5.94. The number of carbonyl (C=O) groups is 2. The van der Waals surface area contributed by atoms with Crippen LogP contribution in [0.4, 0.5) is 5.69 Å². The summed E-state index contributed by atoms with van der Waals surface area (Å²) in [5.74, 6) is -0.683. The van der Waals surface area contributed by atoms with E-state index in [9.17, 15) is 9.59 Å². The van der Waals surface area contributed by atoms with Crippen LogP contribution in [-0.4, -0.2) is 36.5 Å². The standard InChI is InChI=1S/C15H20N2O3/c1-11(2)17(10-15(19)20-3)14(18)8-7-12-5-4-6-13(16)9-12/h4-9,11H,10,16H2,1-3H3/b8-7+. The number of nitrogens with two attached hydrogens (primary N) is 1. The fourth-order valence-electron chi connectivity index (χ4n) is 1.64. The van der Waals surface area contributed by atoms with Crippen LogP contribution in [0.25, 0.3) is 6.08 Å². The highest BCUT2D eigenvalue weighted by atomic mass is 16.5. The SMILES string of the molecule is COC(=O)CN(C(=O)/C=C/c1cccc(N)c1)C(C)C. The average Bonchev–Trinajstić information content (AvgIpc) is 2.41. The molecule has 0 aliphatic carbocycles. The van der Waals surface area contributed by atoms with Crippen LogP contribution < -0.4 is 5.73 Å². The zero-order valence-electron chi connectivity index (χ0n) is 12.0. The van der Waals surface area contributed by atoms with Crippen molar-refractivity contribution in [3.8, 4) is 0 Å². The fourth-order valence-corrected chi connectivity index (χ4v) is 1.64. The summed E-state index contributed by atoms with van der Waals surface area (Å²) >= 11 is 0. The predicted octanol–water partition coefficient (Wildman–Crippen LogP) is 1.69. The van der Waals surface area contributed by atoms with Gasteiger partial charge in [-0.05, 0) is 37.6 Å². The van der Waals surface area contributed by atoms with Gasteiger partial charge in [0.15, 0.2) is 0 Å². The van der Waals surface area contributed by atoms with Crippen molar-refractivity contribution in [2.45, 2.75) is 19.9 Å². The van der Waals surface area contributed by atoms with Gasteiger partial charge in [0.25, 0.3) is 0 Å². The van der Waals surface area contributed by atoms with Gasteiger partial charge in [-0.25, -0.2) is 0 Å². The molecule has 0 bridgehead atoms. The molecule has 0 unspecified atom stereocenters. The normalized spacial score (nSPS) is 10.8. The summed E-state index contributed by atoms with van der Waals surface area (Å²) in [6.45, 7) is 3.62. The highest BCUT2D eigenvalue weighted by Gasteiger charge is 2.18. The molecule has 0 saturated heterocycles. The summed E-state index contributed by atoms with van der Waals surface area (Å²) < 4.78 is 4.59. The molecular formula is C15H20N2O3. The smallest absolute Gasteiger partial charge is 0.325 e. The second-order valence-corrected chi connectivity index (χ2v) is 4.64. The molecule has 0 aliphatic heterocycles. The van der Waals surface area contributed by atoms with Crippen molar-refractivity contribution in [3.63, 3.8) is 0 Å². The van der Waals surface area contributed by atoms with E-state index in [0.717, 1.165) is 5.56 Å². The molecule has 5 heteroatoms. The topological polar surface area (TPSA) is 72.6 Å². The number of carbonyl (C=O) groups excluding carboxylic acids is 2. The first kappa shape index (κ1) is 15.8. The van der Waals surface area contributed by atoms with Gasteiger partial charge in [0.05, 0.1) is 7.11 Å². The lowest BCUT2D eigenvalue weighted by Crippen LogP contribution is -2.40. The number of methoxy groups -OCH3 is 1. The molecule has 0 atom stereocenters. The molecule has 20 heavy (non-hydrogen) atoms. The van der Waals surface area contributed by atoms with Crippen molar-refractivity contribution in [1.82, 2.24) is 4.90 Å². The van der Waals surface area contributed by atoms with Crippen molar-refractivity contribution in [2.75, 3.05) is 19.4 Å². The van der Waals surface area contributed by atoms with Crippen molar-refractivity contribution >= 4 is 23.6 Å². The van der Waals surface area contributed by atoms with Gasteiger partial charge >= 0.3 is 5.97 Å². The van der Waals surface area contributed by atoms with Crippen LogP contribution in [0.15, 0.2) is 30.3 Å². The Morgan fingerprint density at radius 2 is 2.10 bits per heavy atom. The summed E-state index contributed by atoms with van der Waals surface area (Å²) in [6.07, 6.45) is 3.10. The molecule has 5 nitrogen and oxygen atoms in total. The van der Waals surface area contributed by atoms with Crippen LogP contribution in [0.3, 0.4) is 0 Å². The van der Waals surface area contributed by atoms with Crippen LogP contribution in [0.2, 0.25) is 0 Å². The van der Waals surface area contributed by atoms with Crippen molar-refractivity contribution in [1.29, 1.82) is 0 Å². The van der Waals surface area contributed by atoms with Gasteiger partial charge in [-0.2, -0.15) is 0 Å². The van der Waals surface area contributed by atoms with Gasteiger partial charge in [0.2, 0.25) is 5.91 Å². The number of anilines is 1. The largest absolute Gasteiger partial charge is 0.468 e. The maximum Gasteiger partial charge on any atom is 0.325 e. The monoisotopic (exact) mass is 276 g/mol. The van der Waals surface area contributed by atoms with Crippen LogP contribution >= 0.6 is 0 Å². The number of amides is 1. The Morgan fingerprint density at radius 3 is 2.65 bits per heavy atom. The van der Waals surface area contributed by atoms with Gasteiger partial charge < -0.3 is 15.4 Å². The minimum absolute atomic E-state index is 0.0612. The Morgan fingerprint density at radius 1 is 1.40 bits per heavy atom. The number of benzene rings is 1. The second-order valence-electron chi connectivity index (χ2n) is 4.64. The van der Waals surface area contributed by atoms with Crippen molar-refractivity contribution < 1.29 is 14.3 Å². The number of nitrogens with zero attached hydrogens (tertiary/aromatic N) is 1. The van der Waals surface area contributed by atoms with Crippen LogP contribution in [0, 0.1) is 0 Å². The lowest BCUT2D eigenvalue weighted by atomic mass is 10.2. The first-order chi connectivity index (χ1) is 9.43. The third kappa shape index (κ3) is 4.76. The van der Waals surface area contributed by atoms with Gasteiger partial charge in [0, 0.05) is 17.8 Å². The Balaban J connectivity index is 2.78. The van der Waals surface area contributed by atoms with E-state index in [1.165, 1.54) is 18.1 Å². The zero-order valence-corrected chi connectivity index (χ0v) is 12.0.